The van der Waals surface area contributed by atoms with Crippen LogP contribution in [-0.2, 0) is 19.5 Å². The molecular formula is C21H21BrN4O3. The van der Waals surface area contributed by atoms with Crippen LogP contribution in [-0.4, -0.2) is 28.4 Å². The molecule has 0 saturated heterocycles. The zero-order chi connectivity index (χ0) is 20.4. The number of anilines is 1. The van der Waals surface area contributed by atoms with Crippen molar-refractivity contribution >= 4 is 33.4 Å². The lowest BCUT2D eigenvalue weighted by Crippen LogP contribution is -2.30. The van der Waals surface area contributed by atoms with Gasteiger partial charge in [-0.3, -0.25) is 9.59 Å². The summed E-state index contributed by atoms with van der Waals surface area (Å²) in [6.45, 7) is 1.32. The average Bonchev–Trinajstić information content (AvgIpc) is 3.36. The predicted molar refractivity (Wildman–Crippen MR) is 112 cm³/mol. The van der Waals surface area contributed by atoms with Gasteiger partial charge >= 0.3 is 0 Å². The molecule has 7 nitrogen and oxygen atoms in total. The smallest absolute Gasteiger partial charge is 0.293 e. The number of imidazole rings is 1. The first-order valence-electron chi connectivity index (χ1n) is 9.48. The van der Waals surface area contributed by atoms with Gasteiger partial charge in [0, 0.05) is 26.2 Å². The van der Waals surface area contributed by atoms with Gasteiger partial charge in [0.1, 0.15) is 5.82 Å². The number of rotatable bonds is 5. The van der Waals surface area contributed by atoms with E-state index in [2.05, 4.69) is 30.8 Å². The van der Waals surface area contributed by atoms with E-state index >= 15 is 0 Å². The van der Waals surface area contributed by atoms with E-state index in [-0.39, 0.29) is 17.6 Å². The molecule has 0 atom stereocenters. The van der Waals surface area contributed by atoms with Gasteiger partial charge in [0.15, 0.2) is 10.4 Å². The summed E-state index contributed by atoms with van der Waals surface area (Å²) in [5.41, 5.74) is 1.77. The topological polar surface area (TPSA) is 80.4 Å². The fourth-order valence-electron chi connectivity index (χ4n) is 3.48. The summed E-state index contributed by atoms with van der Waals surface area (Å²) in [6.07, 6.45) is 5.30. The number of amides is 2. The number of hydrogen-bond acceptors (Lipinski definition) is 4. The first kappa shape index (κ1) is 19.4. The molecule has 1 N–H and O–H groups in total. The van der Waals surface area contributed by atoms with Crippen LogP contribution in [0.15, 0.2) is 51.7 Å². The SMILES string of the molecule is CN(C(=O)c1ccc(Br)o1)c1ccccc1C(=O)NCc1cn2c(n1)CCCC2. The minimum absolute atomic E-state index is 0.193. The lowest BCUT2D eigenvalue weighted by atomic mass is 10.1. The molecule has 3 aromatic rings. The van der Waals surface area contributed by atoms with Crippen molar-refractivity contribution in [2.45, 2.75) is 32.4 Å². The van der Waals surface area contributed by atoms with Crippen molar-refractivity contribution in [1.82, 2.24) is 14.9 Å². The standard InChI is InChI=1S/C21H21BrN4O3/c1-25(21(28)17-9-10-18(22)29-17)16-7-3-2-6-15(16)20(27)23-12-14-13-26-11-5-4-8-19(26)24-14/h2-3,6-7,9-10,13H,4-5,8,11-12H2,1H3,(H,23,27). The van der Waals surface area contributed by atoms with E-state index in [9.17, 15) is 9.59 Å². The lowest BCUT2D eigenvalue weighted by Gasteiger charge is -2.19. The summed E-state index contributed by atoms with van der Waals surface area (Å²) in [5, 5.41) is 2.92. The predicted octanol–water partition coefficient (Wildman–Crippen LogP) is 3.78. The summed E-state index contributed by atoms with van der Waals surface area (Å²) in [4.78, 5) is 31.6. The number of carbonyl (C=O) groups is 2. The second kappa shape index (κ2) is 8.24. The Morgan fingerprint density at radius 1 is 1.24 bits per heavy atom. The molecule has 1 aromatic carbocycles. The van der Waals surface area contributed by atoms with Crippen LogP contribution in [0.1, 0.15) is 45.3 Å². The number of para-hydroxylation sites is 1. The number of nitrogens with zero attached hydrogens (tertiary/aromatic N) is 3. The second-order valence-corrected chi connectivity index (χ2v) is 7.75. The van der Waals surface area contributed by atoms with Gasteiger partial charge in [-0.2, -0.15) is 0 Å². The number of hydrogen-bond donors (Lipinski definition) is 1. The molecule has 1 aliphatic rings. The molecule has 8 heteroatoms. The summed E-state index contributed by atoms with van der Waals surface area (Å²) in [6, 6.07) is 10.2. The fraction of sp³-hybridized carbons (Fsp3) is 0.286. The van der Waals surface area contributed by atoms with Crippen molar-refractivity contribution < 1.29 is 14.0 Å². The van der Waals surface area contributed by atoms with Crippen LogP contribution in [0, 0.1) is 0 Å². The number of carbonyl (C=O) groups excluding carboxylic acids is 2. The number of nitrogens with one attached hydrogen (secondary N) is 1. The third-order valence-electron chi connectivity index (χ3n) is 4.99. The maximum Gasteiger partial charge on any atom is 0.293 e. The molecule has 0 spiro atoms. The van der Waals surface area contributed by atoms with E-state index in [1.807, 2.05) is 6.20 Å². The van der Waals surface area contributed by atoms with Crippen molar-refractivity contribution in [3.63, 3.8) is 0 Å². The van der Waals surface area contributed by atoms with Crippen LogP contribution in [0.4, 0.5) is 5.69 Å². The van der Waals surface area contributed by atoms with Gasteiger partial charge in [0.05, 0.1) is 23.5 Å². The zero-order valence-electron chi connectivity index (χ0n) is 16.0. The molecule has 150 valence electrons. The minimum Gasteiger partial charge on any atom is -0.444 e. The zero-order valence-corrected chi connectivity index (χ0v) is 17.6. The molecular weight excluding hydrogens is 436 g/mol. The molecule has 2 amide bonds. The van der Waals surface area contributed by atoms with Crippen molar-refractivity contribution in [2.24, 2.45) is 0 Å². The molecule has 0 fully saturated rings. The van der Waals surface area contributed by atoms with E-state index in [1.165, 1.54) is 4.90 Å². The van der Waals surface area contributed by atoms with Crippen LogP contribution >= 0.6 is 15.9 Å². The molecule has 1 aliphatic heterocycles. The van der Waals surface area contributed by atoms with Gasteiger partial charge in [-0.1, -0.05) is 12.1 Å². The Bertz CT molecular complexity index is 1030. The Balaban J connectivity index is 1.49. The molecule has 0 unspecified atom stereocenters. The molecule has 0 aliphatic carbocycles. The normalized spacial score (nSPS) is 13.0. The van der Waals surface area contributed by atoms with Crippen molar-refractivity contribution in [3.05, 3.63) is 70.1 Å². The van der Waals surface area contributed by atoms with Crippen LogP contribution in [0.25, 0.3) is 0 Å². The average molecular weight is 457 g/mol. The van der Waals surface area contributed by atoms with Gasteiger partial charge in [0.2, 0.25) is 0 Å². The third kappa shape index (κ3) is 4.12. The minimum atomic E-state index is -0.335. The molecule has 2 aromatic heterocycles. The highest BCUT2D eigenvalue weighted by Crippen LogP contribution is 2.23. The molecule has 0 bridgehead atoms. The monoisotopic (exact) mass is 456 g/mol. The van der Waals surface area contributed by atoms with Crippen molar-refractivity contribution in [1.29, 1.82) is 0 Å². The van der Waals surface area contributed by atoms with Gasteiger partial charge in [-0.15, -0.1) is 0 Å². The first-order chi connectivity index (χ1) is 14.0. The van der Waals surface area contributed by atoms with Crippen molar-refractivity contribution in [3.8, 4) is 0 Å². The highest BCUT2D eigenvalue weighted by Gasteiger charge is 2.22. The highest BCUT2D eigenvalue weighted by molar-refractivity contribution is 9.10. The Hall–Kier alpha value is -2.87. The molecule has 0 saturated carbocycles. The van der Waals surface area contributed by atoms with Gasteiger partial charge in [-0.25, -0.2) is 4.98 Å². The third-order valence-corrected chi connectivity index (χ3v) is 5.41. The van der Waals surface area contributed by atoms with E-state index < -0.39 is 0 Å². The number of furan rings is 1. The van der Waals surface area contributed by atoms with Crippen LogP contribution < -0.4 is 10.2 Å². The Kier molecular flexibility index (Phi) is 5.53. The quantitative estimate of drug-likeness (QED) is 0.633. The van der Waals surface area contributed by atoms with Crippen molar-refractivity contribution in [2.75, 3.05) is 11.9 Å². The van der Waals surface area contributed by atoms with E-state index in [0.717, 1.165) is 37.3 Å². The largest absolute Gasteiger partial charge is 0.444 e. The first-order valence-corrected chi connectivity index (χ1v) is 10.3. The Labute approximate surface area is 176 Å². The number of aryl methyl sites for hydroxylation is 2. The molecule has 29 heavy (non-hydrogen) atoms. The summed E-state index contributed by atoms with van der Waals surface area (Å²) >= 11 is 3.20. The lowest BCUT2D eigenvalue weighted by molar-refractivity contribution is 0.0950. The molecule has 0 radical (unpaired) electrons. The van der Waals surface area contributed by atoms with E-state index in [1.54, 1.807) is 43.4 Å². The summed E-state index contributed by atoms with van der Waals surface area (Å²) in [7, 11) is 1.62. The van der Waals surface area contributed by atoms with Gasteiger partial charge < -0.3 is 19.2 Å². The van der Waals surface area contributed by atoms with Crippen LogP contribution in [0.5, 0.6) is 0 Å². The Morgan fingerprint density at radius 2 is 2.07 bits per heavy atom. The fourth-order valence-corrected chi connectivity index (χ4v) is 3.79. The van der Waals surface area contributed by atoms with Gasteiger partial charge in [0.25, 0.3) is 11.8 Å². The number of fused-ring (bicyclic) bond motifs is 1. The Morgan fingerprint density at radius 3 is 2.83 bits per heavy atom. The molecule has 4 rings (SSSR count). The maximum atomic E-state index is 12.8. The molecule has 3 heterocycles. The van der Waals surface area contributed by atoms with Crippen LogP contribution in [0.2, 0.25) is 0 Å². The summed E-state index contributed by atoms with van der Waals surface area (Å²) < 4.78 is 7.98. The van der Waals surface area contributed by atoms with Crippen LogP contribution in [0.3, 0.4) is 0 Å². The second-order valence-electron chi connectivity index (χ2n) is 6.97. The summed E-state index contributed by atoms with van der Waals surface area (Å²) in [5.74, 6) is 0.679. The van der Waals surface area contributed by atoms with E-state index in [0.29, 0.717) is 22.5 Å². The maximum absolute atomic E-state index is 12.8. The highest BCUT2D eigenvalue weighted by atomic mass is 79.9. The van der Waals surface area contributed by atoms with E-state index in [4.69, 9.17) is 4.42 Å². The number of halogens is 1. The number of benzene rings is 1. The van der Waals surface area contributed by atoms with Gasteiger partial charge in [-0.05, 0) is 53.0 Å². The number of aromatic nitrogens is 2.